The highest BCUT2D eigenvalue weighted by Gasteiger charge is 2.05. The average Bonchev–Trinajstić information content (AvgIpc) is 2.46. The SMILES string of the molecule is N#Cc1cc(Nc2cccc(Cl)c2)nc2ccccc12. The maximum atomic E-state index is 9.24. The Bertz CT molecular complexity index is 821. The summed E-state index contributed by atoms with van der Waals surface area (Å²) in [4.78, 5) is 4.50. The van der Waals surface area contributed by atoms with Crippen LogP contribution in [0.15, 0.2) is 54.6 Å². The second kappa shape index (κ2) is 5.20. The molecule has 3 aromatic rings. The van der Waals surface area contributed by atoms with Crippen LogP contribution in [0.5, 0.6) is 0 Å². The lowest BCUT2D eigenvalue weighted by Crippen LogP contribution is -1.95. The number of pyridine rings is 1. The minimum atomic E-state index is 0.597. The van der Waals surface area contributed by atoms with E-state index in [1.807, 2.05) is 42.5 Å². The molecule has 0 spiro atoms. The first-order valence-corrected chi connectivity index (χ1v) is 6.46. The topological polar surface area (TPSA) is 48.7 Å². The Morgan fingerprint density at radius 1 is 1.05 bits per heavy atom. The van der Waals surface area contributed by atoms with E-state index in [1.165, 1.54) is 0 Å². The van der Waals surface area contributed by atoms with Crippen molar-refractivity contribution >= 4 is 34.0 Å². The Morgan fingerprint density at radius 3 is 2.70 bits per heavy atom. The van der Waals surface area contributed by atoms with Crippen LogP contribution in [0.4, 0.5) is 11.5 Å². The predicted octanol–water partition coefficient (Wildman–Crippen LogP) is 4.50. The molecular weight excluding hydrogens is 270 g/mol. The Balaban J connectivity index is 2.06. The lowest BCUT2D eigenvalue weighted by molar-refractivity contribution is 1.36. The van der Waals surface area contributed by atoms with Gasteiger partial charge >= 0.3 is 0 Å². The van der Waals surface area contributed by atoms with Crippen molar-refractivity contribution in [1.29, 1.82) is 5.26 Å². The standard InChI is InChI=1S/C16H10ClN3/c17-12-4-3-5-13(9-12)19-16-8-11(10-18)14-6-1-2-7-15(14)20-16/h1-9H,(H,19,20). The van der Waals surface area contributed by atoms with Gasteiger partial charge in [-0.1, -0.05) is 35.9 Å². The lowest BCUT2D eigenvalue weighted by Gasteiger charge is -2.08. The summed E-state index contributed by atoms with van der Waals surface area (Å²) < 4.78 is 0. The van der Waals surface area contributed by atoms with Crippen molar-refractivity contribution in [3.8, 4) is 6.07 Å². The number of hydrogen-bond acceptors (Lipinski definition) is 3. The van der Waals surface area contributed by atoms with Gasteiger partial charge in [-0.15, -0.1) is 0 Å². The van der Waals surface area contributed by atoms with E-state index in [1.54, 1.807) is 12.1 Å². The van der Waals surface area contributed by atoms with Crippen LogP contribution in [0.2, 0.25) is 5.02 Å². The van der Waals surface area contributed by atoms with E-state index in [-0.39, 0.29) is 0 Å². The normalized spacial score (nSPS) is 10.2. The van der Waals surface area contributed by atoms with Gasteiger partial charge in [0.25, 0.3) is 0 Å². The number of nitrogens with zero attached hydrogens (tertiary/aromatic N) is 2. The van der Waals surface area contributed by atoms with Crippen LogP contribution in [-0.4, -0.2) is 4.98 Å². The minimum absolute atomic E-state index is 0.597. The number of benzene rings is 2. The van der Waals surface area contributed by atoms with Gasteiger partial charge in [0.05, 0.1) is 17.1 Å². The van der Waals surface area contributed by atoms with E-state index in [0.29, 0.717) is 16.4 Å². The molecule has 3 rings (SSSR count). The molecule has 1 aromatic heterocycles. The van der Waals surface area contributed by atoms with Crippen molar-refractivity contribution in [2.75, 3.05) is 5.32 Å². The third-order valence-corrected chi connectivity index (χ3v) is 3.17. The molecule has 0 atom stereocenters. The first-order valence-electron chi connectivity index (χ1n) is 6.09. The maximum absolute atomic E-state index is 9.24. The largest absolute Gasteiger partial charge is 0.340 e. The summed E-state index contributed by atoms with van der Waals surface area (Å²) in [6.07, 6.45) is 0. The number of nitrogens with one attached hydrogen (secondary N) is 1. The van der Waals surface area contributed by atoms with Crippen molar-refractivity contribution < 1.29 is 0 Å². The Kier molecular flexibility index (Phi) is 3.24. The van der Waals surface area contributed by atoms with Crippen LogP contribution in [0, 0.1) is 11.3 Å². The molecule has 1 heterocycles. The van der Waals surface area contributed by atoms with Crippen molar-refractivity contribution in [3.63, 3.8) is 0 Å². The molecule has 0 saturated heterocycles. The summed E-state index contributed by atoms with van der Waals surface area (Å²) in [7, 11) is 0. The van der Waals surface area contributed by atoms with Gasteiger partial charge in [0.1, 0.15) is 5.82 Å². The van der Waals surface area contributed by atoms with E-state index >= 15 is 0 Å². The number of nitriles is 1. The zero-order valence-electron chi connectivity index (χ0n) is 10.5. The molecule has 2 aromatic carbocycles. The summed E-state index contributed by atoms with van der Waals surface area (Å²) in [6.45, 7) is 0. The number of rotatable bonds is 2. The first-order chi connectivity index (χ1) is 9.76. The molecule has 0 radical (unpaired) electrons. The van der Waals surface area contributed by atoms with E-state index in [2.05, 4.69) is 16.4 Å². The van der Waals surface area contributed by atoms with E-state index < -0.39 is 0 Å². The number of hydrogen-bond donors (Lipinski definition) is 1. The zero-order chi connectivity index (χ0) is 13.9. The lowest BCUT2D eigenvalue weighted by atomic mass is 10.1. The minimum Gasteiger partial charge on any atom is -0.340 e. The van der Waals surface area contributed by atoms with Crippen LogP contribution in [0.25, 0.3) is 10.9 Å². The van der Waals surface area contributed by atoms with Crippen molar-refractivity contribution in [2.45, 2.75) is 0 Å². The third kappa shape index (κ3) is 2.42. The molecule has 4 heteroatoms. The molecule has 0 unspecified atom stereocenters. The Hall–Kier alpha value is -2.57. The molecule has 0 aliphatic rings. The van der Waals surface area contributed by atoms with Crippen LogP contribution >= 0.6 is 11.6 Å². The first kappa shape index (κ1) is 12.5. The molecule has 0 fully saturated rings. The summed E-state index contributed by atoms with van der Waals surface area (Å²) in [5.41, 5.74) is 2.22. The van der Waals surface area contributed by atoms with Gasteiger partial charge in [-0.2, -0.15) is 5.26 Å². The van der Waals surface area contributed by atoms with Crippen LogP contribution < -0.4 is 5.32 Å². The van der Waals surface area contributed by atoms with Gasteiger partial charge < -0.3 is 5.32 Å². The average molecular weight is 280 g/mol. The Labute approximate surface area is 121 Å². The third-order valence-electron chi connectivity index (χ3n) is 2.93. The smallest absolute Gasteiger partial charge is 0.132 e. The fourth-order valence-corrected chi connectivity index (χ4v) is 2.24. The second-order valence-electron chi connectivity index (χ2n) is 4.32. The van der Waals surface area contributed by atoms with Crippen molar-refractivity contribution in [1.82, 2.24) is 4.98 Å². The molecule has 0 saturated carbocycles. The molecule has 0 aliphatic carbocycles. The summed E-state index contributed by atoms with van der Waals surface area (Å²) in [5, 5.41) is 13.9. The van der Waals surface area contributed by atoms with E-state index in [4.69, 9.17) is 11.6 Å². The monoisotopic (exact) mass is 279 g/mol. The molecule has 1 N–H and O–H groups in total. The van der Waals surface area contributed by atoms with Gasteiger partial charge in [-0.25, -0.2) is 4.98 Å². The number of fused-ring (bicyclic) bond motifs is 1. The summed E-state index contributed by atoms with van der Waals surface area (Å²) in [6, 6.07) is 18.9. The zero-order valence-corrected chi connectivity index (χ0v) is 11.2. The highest BCUT2D eigenvalue weighted by Crippen LogP contribution is 2.23. The molecule has 0 bridgehead atoms. The quantitative estimate of drug-likeness (QED) is 0.751. The maximum Gasteiger partial charge on any atom is 0.132 e. The molecule has 3 nitrogen and oxygen atoms in total. The fraction of sp³-hybridized carbons (Fsp3) is 0. The highest BCUT2D eigenvalue weighted by molar-refractivity contribution is 6.30. The van der Waals surface area contributed by atoms with Crippen LogP contribution in [0.1, 0.15) is 5.56 Å². The van der Waals surface area contributed by atoms with Gasteiger partial charge in [-0.3, -0.25) is 0 Å². The molecule has 96 valence electrons. The molecular formula is C16H10ClN3. The second-order valence-corrected chi connectivity index (χ2v) is 4.76. The fourth-order valence-electron chi connectivity index (χ4n) is 2.05. The van der Waals surface area contributed by atoms with Crippen molar-refractivity contribution in [2.24, 2.45) is 0 Å². The molecule has 0 aliphatic heterocycles. The number of aromatic nitrogens is 1. The van der Waals surface area contributed by atoms with Gasteiger partial charge in [-0.05, 0) is 30.3 Å². The van der Waals surface area contributed by atoms with Crippen LogP contribution in [0.3, 0.4) is 0 Å². The molecule has 20 heavy (non-hydrogen) atoms. The molecule has 0 amide bonds. The highest BCUT2D eigenvalue weighted by atomic mass is 35.5. The predicted molar refractivity (Wildman–Crippen MR) is 81.2 cm³/mol. The Morgan fingerprint density at radius 2 is 1.90 bits per heavy atom. The summed E-state index contributed by atoms with van der Waals surface area (Å²) >= 11 is 5.95. The van der Waals surface area contributed by atoms with Gasteiger partial charge in [0.2, 0.25) is 0 Å². The number of halogens is 1. The van der Waals surface area contributed by atoms with Gasteiger partial charge in [0.15, 0.2) is 0 Å². The van der Waals surface area contributed by atoms with Gasteiger partial charge in [0, 0.05) is 16.1 Å². The van der Waals surface area contributed by atoms with Crippen LogP contribution in [-0.2, 0) is 0 Å². The number of para-hydroxylation sites is 1. The summed E-state index contributed by atoms with van der Waals surface area (Å²) in [5.74, 6) is 0.627. The van der Waals surface area contributed by atoms with E-state index in [0.717, 1.165) is 16.6 Å². The van der Waals surface area contributed by atoms with E-state index in [9.17, 15) is 5.26 Å². The van der Waals surface area contributed by atoms with Crippen molar-refractivity contribution in [3.05, 3.63) is 65.2 Å². The number of anilines is 2.